The molecule has 7 heteroatoms. The first kappa shape index (κ1) is 49.0. The number of hydrogen-bond acceptors (Lipinski definition) is 6. The molecular formula is C43H85NO6. The number of amides is 1. The minimum absolute atomic E-state index is 0.320. The maximum absolute atomic E-state index is 12.5. The van der Waals surface area contributed by atoms with Crippen LogP contribution < -0.4 is 5.32 Å². The highest BCUT2D eigenvalue weighted by atomic mass is 16.4. The molecule has 0 rings (SSSR count). The Morgan fingerprint density at radius 2 is 0.820 bits per heavy atom. The van der Waals surface area contributed by atoms with Crippen molar-refractivity contribution in [2.45, 2.75) is 250 Å². The van der Waals surface area contributed by atoms with Crippen molar-refractivity contribution in [3.05, 3.63) is 12.2 Å². The molecule has 0 unspecified atom stereocenters. The van der Waals surface area contributed by atoms with E-state index in [1.54, 1.807) is 0 Å². The highest BCUT2D eigenvalue weighted by Crippen LogP contribution is 2.17. The van der Waals surface area contributed by atoms with Crippen LogP contribution in [0.4, 0.5) is 0 Å². The summed E-state index contributed by atoms with van der Waals surface area (Å²) in [6, 6.07) is -1.16. The van der Waals surface area contributed by atoms with E-state index in [-0.39, 0.29) is 0 Å². The first-order valence-corrected chi connectivity index (χ1v) is 21.7. The lowest BCUT2D eigenvalue weighted by molar-refractivity contribution is -0.134. The monoisotopic (exact) mass is 712 g/mol. The Hall–Kier alpha value is -0.990. The third-order valence-electron chi connectivity index (χ3n) is 10.3. The molecule has 0 aromatic carbocycles. The molecule has 0 aromatic heterocycles. The van der Waals surface area contributed by atoms with Gasteiger partial charge in [0.1, 0.15) is 18.3 Å². The molecule has 0 saturated carbocycles. The van der Waals surface area contributed by atoms with Crippen LogP contribution in [0, 0.1) is 0 Å². The molecule has 0 aliphatic carbocycles. The van der Waals surface area contributed by atoms with Crippen LogP contribution >= 0.6 is 0 Å². The summed E-state index contributed by atoms with van der Waals surface area (Å²) < 4.78 is 0. The second-order valence-corrected chi connectivity index (χ2v) is 15.2. The molecule has 0 heterocycles. The van der Waals surface area contributed by atoms with Gasteiger partial charge in [-0.05, 0) is 38.5 Å². The predicted octanol–water partition coefficient (Wildman–Crippen LogP) is 9.99. The molecule has 50 heavy (non-hydrogen) atoms. The number of rotatable bonds is 39. The summed E-state index contributed by atoms with van der Waals surface area (Å²) in [6.45, 7) is 3.91. The third kappa shape index (κ3) is 30.6. The standard InChI is InChI=1S/C43H85NO6/c1-3-5-7-9-11-13-15-17-19-20-22-23-25-27-29-31-33-35-39(46)42(49)41(48)38(37-45)44-43(50)40(47)36-34-32-30-28-26-24-21-18-16-14-12-10-8-6-4-2/h15,17,38-42,45-49H,3-14,16,18-37H2,1-2H3,(H,44,50)/b17-15+/t38-,39-,40+,41-,42+/m0/s1. The molecule has 6 N–H and O–H groups in total. The minimum Gasteiger partial charge on any atom is -0.394 e. The summed E-state index contributed by atoms with van der Waals surface area (Å²) in [4.78, 5) is 12.5. The Morgan fingerprint density at radius 1 is 0.480 bits per heavy atom. The number of aliphatic hydroxyl groups excluding tert-OH is 5. The maximum Gasteiger partial charge on any atom is 0.249 e. The molecule has 0 saturated heterocycles. The van der Waals surface area contributed by atoms with Gasteiger partial charge >= 0.3 is 0 Å². The van der Waals surface area contributed by atoms with Crippen molar-refractivity contribution in [3.8, 4) is 0 Å². The zero-order valence-electron chi connectivity index (χ0n) is 33.0. The zero-order chi connectivity index (χ0) is 36.9. The largest absolute Gasteiger partial charge is 0.394 e. The lowest BCUT2D eigenvalue weighted by atomic mass is 9.96. The van der Waals surface area contributed by atoms with Gasteiger partial charge in [-0.2, -0.15) is 0 Å². The van der Waals surface area contributed by atoms with Gasteiger partial charge in [0.15, 0.2) is 0 Å². The maximum atomic E-state index is 12.5. The van der Waals surface area contributed by atoms with Crippen molar-refractivity contribution in [1.29, 1.82) is 0 Å². The fraction of sp³-hybridized carbons (Fsp3) is 0.930. The Balaban J connectivity index is 3.86. The number of allylic oxidation sites excluding steroid dienone is 2. The molecule has 0 spiro atoms. The van der Waals surface area contributed by atoms with Crippen LogP contribution in [0.25, 0.3) is 0 Å². The summed E-state index contributed by atoms with van der Waals surface area (Å²) >= 11 is 0. The van der Waals surface area contributed by atoms with Gasteiger partial charge in [-0.15, -0.1) is 0 Å². The van der Waals surface area contributed by atoms with Crippen molar-refractivity contribution in [1.82, 2.24) is 5.32 Å². The van der Waals surface area contributed by atoms with Gasteiger partial charge in [0.05, 0.1) is 18.8 Å². The van der Waals surface area contributed by atoms with E-state index in [0.717, 1.165) is 44.9 Å². The normalized spacial score (nSPS) is 14.9. The highest BCUT2D eigenvalue weighted by molar-refractivity contribution is 5.80. The fourth-order valence-corrected chi connectivity index (χ4v) is 6.77. The van der Waals surface area contributed by atoms with E-state index in [0.29, 0.717) is 12.8 Å². The number of hydrogen-bond donors (Lipinski definition) is 6. The van der Waals surface area contributed by atoms with Crippen LogP contribution in [-0.2, 0) is 4.79 Å². The Labute approximate surface area is 309 Å². The van der Waals surface area contributed by atoms with E-state index in [1.165, 1.54) is 148 Å². The van der Waals surface area contributed by atoms with Crippen molar-refractivity contribution < 1.29 is 30.3 Å². The van der Waals surface area contributed by atoms with Gasteiger partial charge in [0.25, 0.3) is 0 Å². The van der Waals surface area contributed by atoms with Gasteiger partial charge in [-0.3, -0.25) is 4.79 Å². The van der Waals surface area contributed by atoms with Gasteiger partial charge < -0.3 is 30.8 Å². The summed E-state index contributed by atoms with van der Waals surface area (Å²) in [7, 11) is 0. The molecule has 0 bridgehead atoms. The van der Waals surface area contributed by atoms with E-state index in [9.17, 15) is 30.3 Å². The topological polar surface area (TPSA) is 130 Å². The van der Waals surface area contributed by atoms with Crippen LogP contribution in [0.1, 0.15) is 219 Å². The Bertz CT molecular complexity index is 734. The number of aliphatic hydroxyl groups is 5. The number of carbonyl (C=O) groups is 1. The molecule has 5 atom stereocenters. The average molecular weight is 712 g/mol. The summed E-state index contributed by atoms with van der Waals surface area (Å²) in [5, 5.41) is 54.1. The fourth-order valence-electron chi connectivity index (χ4n) is 6.77. The van der Waals surface area contributed by atoms with Crippen molar-refractivity contribution >= 4 is 5.91 Å². The molecule has 0 radical (unpaired) electrons. The van der Waals surface area contributed by atoms with Gasteiger partial charge in [0.2, 0.25) is 5.91 Å². The molecular weight excluding hydrogens is 626 g/mol. The number of unbranched alkanes of at least 4 members (excludes halogenated alkanes) is 27. The van der Waals surface area contributed by atoms with E-state index >= 15 is 0 Å². The zero-order valence-corrected chi connectivity index (χ0v) is 33.0. The molecule has 0 aliphatic heterocycles. The van der Waals surface area contributed by atoms with Crippen molar-refractivity contribution in [2.24, 2.45) is 0 Å². The summed E-state index contributed by atoms with van der Waals surface area (Å²) in [6.07, 6.45) is 36.7. The van der Waals surface area contributed by atoms with E-state index in [1.807, 2.05) is 0 Å². The van der Waals surface area contributed by atoms with Crippen LogP contribution in [0.15, 0.2) is 12.2 Å². The summed E-state index contributed by atoms with van der Waals surface area (Å²) in [5.41, 5.74) is 0. The van der Waals surface area contributed by atoms with Crippen molar-refractivity contribution in [3.63, 3.8) is 0 Å². The smallest absolute Gasteiger partial charge is 0.249 e. The lowest BCUT2D eigenvalue weighted by Gasteiger charge is -2.29. The molecule has 1 amide bonds. The van der Waals surface area contributed by atoms with Crippen LogP contribution in [0.3, 0.4) is 0 Å². The van der Waals surface area contributed by atoms with Crippen LogP contribution in [0.2, 0.25) is 0 Å². The molecule has 0 aromatic rings. The van der Waals surface area contributed by atoms with Gasteiger partial charge in [-0.25, -0.2) is 0 Å². The molecule has 0 aliphatic rings. The Morgan fingerprint density at radius 3 is 1.20 bits per heavy atom. The highest BCUT2D eigenvalue weighted by Gasteiger charge is 2.32. The first-order chi connectivity index (χ1) is 24.4. The quantitative estimate of drug-likeness (QED) is 0.0278. The van der Waals surface area contributed by atoms with E-state index in [4.69, 9.17) is 0 Å². The van der Waals surface area contributed by atoms with E-state index < -0.39 is 43.0 Å². The van der Waals surface area contributed by atoms with Crippen LogP contribution in [0.5, 0.6) is 0 Å². The van der Waals surface area contributed by atoms with Crippen molar-refractivity contribution in [2.75, 3.05) is 6.61 Å². The predicted molar refractivity (Wildman–Crippen MR) is 211 cm³/mol. The lowest BCUT2D eigenvalue weighted by Crippen LogP contribution is -2.55. The van der Waals surface area contributed by atoms with Gasteiger partial charge in [-0.1, -0.05) is 193 Å². The minimum atomic E-state index is -1.53. The number of nitrogens with one attached hydrogen (secondary N) is 1. The van der Waals surface area contributed by atoms with E-state index in [2.05, 4.69) is 31.3 Å². The second-order valence-electron chi connectivity index (χ2n) is 15.2. The third-order valence-corrected chi connectivity index (χ3v) is 10.3. The second kappa shape index (κ2) is 37.8. The van der Waals surface area contributed by atoms with Crippen LogP contribution in [-0.4, -0.2) is 68.5 Å². The molecule has 0 fully saturated rings. The first-order valence-electron chi connectivity index (χ1n) is 21.7. The summed E-state index contributed by atoms with van der Waals surface area (Å²) in [5.74, 6) is -0.667. The molecule has 298 valence electrons. The van der Waals surface area contributed by atoms with Gasteiger partial charge in [0, 0.05) is 0 Å². The molecule has 7 nitrogen and oxygen atoms in total. The average Bonchev–Trinajstić information content (AvgIpc) is 3.12. The Kier molecular flexibility index (Phi) is 37.0. The SMILES string of the molecule is CCCCCCC/C=C/CCCCCCCCCC[C@H](O)[C@@H](O)[C@@H](O)[C@H](CO)NC(=O)[C@H](O)CCCCCCCCCCCCCCCCC. The number of carbonyl (C=O) groups excluding carboxylic acids is 1.